The van der Waals surface area contributed by atoms with Crippen LogP contribution in [0.1, 0.15) is 12.6 Å². The van der Waals surface area contributed by atoms with E-state index in [1.807, 2.05) is 6.07 Å². The summed E-state index contributed by atoms with van der Waals surface area (Å²) >= 11 is 0. The van der Waals surface area contributed by atoms with E-state index in [1.54, 1.807) is 6.20 Å². The molecule has 0 aliphatic carbocycles. The summed E-state index contributed by atoms with van der Waals surface area (Å²) < 4.78 is 0. The number of H-pyrrole nitrogens is 1. The molecule has 0 saturated carbocycles. The quantitative estimate of drug-likeness (QED) is 0.697. The van der Waals surface area contributed by atoms with Crippen LogP contribution in [-0.4, -0.2) is 35.2 Å². The predicted molar refractivity (Wildman–Crippen MR) is 45.5 cm³/mol. The van der Waals surface area contributed by atoms with Gasteiger partial charge in [0.25, 0.3) is 0 Å². The Morgan fingerprint density at radius 2 is 2.45 bits per heavy atom. The van der Waals surface area contributed by atoms with E-state index in [0.29, 0.717) is 0 Å². The van der Waals surface area contributed by atoms with Crippen molar-refractivity contribution in [2.24, 2.45) is 0 Å². The third-order valence-electron chi connectivity index (χ3n) is 1.86. The van der Waals surface area contributed by atoms with Gasteiger partial charge in [0, 0.05) is 24.9 Å². The molecule has 3 nitrogen and oxygen atoms in total. The highest BCUT2D eigenvalue weighted by molar-refractivity contribution is 4.97. The molecule has 0 fully saturated rings. The molecule has 1 heterocycles. The van der Waals surface area contributed by atoms with Crippen LogP contribution in [-0.2, 0) is 6.42 Å². The molecule has 1 aromatic rings. The third-order valence-corrected chi connectivity index (χ3v) is 1.86. The van der Waals surface area contributed by atoms with E-state index >= 15 is 0 Å². The number of aromatic amines is 1. The van der Waals surface area contributed by atoms with Gasteiger partial charge in [-0.3, -0.25) is 5.10 Å². The van der Waals surface area contributed by atoms with Gasteiger partial charge in [-0.25, -0.2) is 0 Å². The highest BCUT2D eigenvalue weighted by Gasteiger charge is 1.96. The van der Waals surface area contributed by atoms with Gasteiger partial charge < -0.3 is 4.90 Å². The zero-order chi connectivity index (χ0) is 8.10. The van der Waals surface area contributed by atoms with Gasteiger partial charge in [0.2, 0.25) is 0 Å². The molecule has 0 unspecified atom stereocenters. The van der Waals surface area contributed by atoms with Crippen LogP contribution in [0.15, 0.2) is 12.3 Å². The number of likely N-dealkylation sites (N-methyl/N-ethyl adjacent to an activating group) is 1. The number of hydrogen-bond donors (Lipinski definition) is 1. The lowest BCUT2D eigenvalue weighted by molar-refractivity contribution is 0.356. The molecule has 0 amide bonds. The molecule has 0 radical (unpaired) electrons. The second-order valence-electron chi connectivity index (χ2n) is 2.73. The number of nitrogens with one attached hydrogen (secondary N) is 1. The van der Waals surface area contributed by atoms with Crippen LogP contribution in [0.3, 0.4) is 0 Å². The van der Waals surface area contributed by atoms with E-state index in [2.05, 4.69) is 29.1 Å². The van der Waals surface area contributed by atoms with Gasteiger partial charge in [0.05, 0.1) is 0 Å². The molecule has 1 aromatic heterocycles. The lowest BCUT2D eigenvalue weighted by Crippen LogP contribution is -2.20. The molecular formula is C8H15N3. The first-order valence-electron chi connectivity index (χ1n) is 3.99. The van der Waals surface area contributed by atoms with Crippen molar-refractivity contribution in [2.75, 3.05) is 20.1 Å². The van der Waals surface area contributed by atoms with Crippen molar-refractivity contribution in [2.45, 2.75) is 13.3 Å². The predicted octanol–water partition coefficient (Wildman–Crippen LogP) is 0.904. The summed E-state index contributed by atoms with van der Waals surface area (Å²) in [5, 5.41) is 6.82. The van der Waals surface area contributed by atoms with Crippen LogP contribution in [0, 0.1) is 0 Å². The van der Waals surface area contributed by atoms with E-state index < -0.39 is 0 Å². The molecule has 62 valence electrons. The summed E-state index contributed by atoms with van der Waals surface area (Å²) in [6.45, 7) is 4.36. The lowest BCUT2D eigenvalue weighted by atomic mass is 10.3. The van der Waals surface area contributed by atoms with E-state index in [9.17, 15) is 0 Å². The second-order valence-corrected chi connectivity index (χ2v) is 2.73. The van der Waals surface area contributed by atoms with Crippen molar-refractivity contribution in [3.63, 3.8) is 0 Å². The second kappa shape index (κ2) is 4.13. The van der Waals surface area contributed by atoms with Crippen LogP contribution in [0.5, 0.6) is 0 Å². The topological polar surface area (TPSA) is 31.9 Å². The molecule has 0 bridgehead atoms. The summed E-state index contributed by atoms with van der Waals surface area (Å²) in [4.78, 5) is 2.28. The first kappa shape index (κ1) is 8.27. The maximum Gasteiger partial charge on any atom is 0.0490 e. The van der Waals surface area contributed by atoms with Gasteiger partial charge in [-0.05, 0) is 19.7 Å². The summed E-state index contributed by atoms with van der Waals surface area (Å²) in [6.07, 6.45) is 2.85. The summed E-state index contributed by atoms with van der Waals surface area (Å²) in [5.41, 5.74) is 1.21. The van der Waals surface area contributed by atoms with Gasteiger partial charge in [0.1, 0.15) is 0 Å². The normalized spacial score (nSPS) is 10.8. The van der Waals surface area contributed by atoms with Gasteiger partial charge in [-0.1, -0.05) is 6.92 Å². The van der Waals surface area contributed by atoms with Crippen LogP contribution in [0.25, 0.3) is 0 Å². The van der Waals surface area contributed by atoms with Crippen molar-refractivity contribution < 1.29 is 0 Å². The first-order valence-corrected chi connectivity index (χ1v) is 3.99. The molecular weight excluding hydrogens is 138 g/mol. The van der Waals surface area contributed by atoms with Gasteiger partial charge >= 0.3 is 0 Å². The fourth-order valence-corrected chi connectivity index (χ4v) is 0.893. The summed E-state index contributed by atoms with van der Waals surface area (Å²) in [7, 11) is 2.12. The van der Waals surface area contributed by atoms with E-state index in [0.717, 1.165) is 19.5 Å². The minimum absolute atomic E-state index is 1.06. The Morgan fingerprint density at radius 1 is 1.64 bits per heavy atom. The highest BCUT2D eigenvalue weighted by Crippen LogP contribution is 1.94. The van der Waals surface area contributed by atoms with Crippen molar-refractivity contribution in [3.05, 3.63) is 18.0 Å². The van der Waals surface area contributed by atoms with Crippen LogP contribution < -0.4 is 0 Å². The molecule has 0 atom stereocenters. The number of rotatable bonds is 4. The van der Waals surface area contributed by atoms with E-state index in [4.69, 9.17) is 0 Å². The molecule has 0 spiro atoms. The fourth-order valence-electron chi connectivity index (χ4n) is 0.893. The zero-order valence-electron chi connectivity index (χ0n) is 7.17. The molecule has 1 N–H and O–H groups in total. The molecule has 1 rings (SSSR count). The first-order chi connectivity index (χ1) is 5.33. The molecule has 3 heteroatoms. The standard InChI is InChI=1S/C8H15N3/c1-3-11(2)7-5-8-4-6-9-10-8/h4,6H,3,5,7H2,1-2H3,(H,9,10). The van der Waals surface area contributed by atoms with Gasteiger partial charge in [-0.15, -0.1) is 0 Å². The third kappa shape index (κ3) is 2.72. The Hall–Kier alpha value is -0.830. The Balaban J connectivity index is 2.23. The van der Waals surface area contributed by atoms with E-state index in [-0.39, 0.29) is 0 Å². The van der Waals surface area contributed by atoms with Gasteiger partial charge in [-0.2, -0.15) is 5.10 Å². The summed E-state index contributed by atoms with van der Waals surface area (Å²) in [5.74, 6) is 0. The van der Waals surface area contributed by atoms with Crippen molar-refractivity contribution in [1.29, 1.82) is 0 Å². The lowest BCUT2D eigenvalue weighted by Gasteiger charge is -2.11. The number of hydrogen-bond acceptors (Lipinski definition) is 2. The van der Waals surface area contributed by atoms with Crippen LogP contribution in [0.2, 0.25) is 0 Å². The van der Waals surface area contributed by atoms with Crippen molar-refractivity contribution >= 4 is 0 Å². The molecule has 0 aliphatic heterocycles. The van der Waals surface area contributed by atoms with Crippen molar-refractivity contribution in [3.8, 4) is 0 Å². The molecule has 0 aromatic carbocycles. The van der Waals surface area contributed by atoms with Gasteiger partial charge in [0.15, 0.2) is 0 Å². The maximum absolute atomic E-state index is 3.88. The number of nitrogens with zero attached hydrogens (tertiary/aromatic N) is 2. The minimum Gasteiger partial charge on any atom is -0.306 e. The molecule has 0 aliphatic rings. The van der Waals surface area contributed by atoms with Crippen molar-refractivity contribution in [1.82, 2.24) is 15.1 Å². The SMILES string of the molecule is CCN(C)CCc1ccn[nH]1. The van der Waals surface area contributed by atoms with E-state index in [1.165, 1.54) is 5.69 Å². The maximum atomic E-state index is 3.88. The molecule has 0 saturated heterocycles. The summed E-state index contributed by atoms with van der Waals surface area (Å²) in [6, 6.07) is 2.02. The largest absolute Gasteiger partial charge is 0.306 e. The monoisotopic (exact) mass is 153 g/mol. The molecule has 11 heavy (non-hydrogen) atoms. The fraction of sp³-hybridized carbons (Fsp3) is 0.625. The van der Waals surface area contributed by atoms with Crippen LogP contribution >= 0.6 is 0 Å². The average Bonchev–Trinajstić information content (AvgIpc) is 2.52. The Morgan fingerprint density at radius 3 is 3.00 bits per heavy atom. The van der Waals surface area contributed by atoms with Crippen LogP contribution in [0.4, 0.5) is 0 Å². The Labute approximate surface area is 67.4 Å². The zero-order valence-corrected chi connectivity index (χ0v) is 7.17. The Bertz CT molecular complexity index is 181. The smallest absolute Gasteiger partial charge is 0.0490 e. The highest BCUT2D eigenvalue weighted by atomic mass is 15.1. The minimum atomic E-state index is 1.06. The Kier molecular flexibility index (Phi) is 3.11. The number of aromatic nitrogens is 2. The average molecular weight is 153 g/mol.